The van der Waals surface area contributed by atoms with E-state index in [1.807, 2.05) is 0 Å². The third-order valence-corrected chi connectivity index (χ3v) is 5.22. The number of carbonyl (C=O) groups excluding carboxylic acids is 4. The first-order chi connectivity index (χ1) is 17.8. The molecule has 1 aliphatic rings. The van der Waals surface area contributed by atoms with Crippen LogP contribution < -0.4 is 0 Å². The van der Waals surface area contributed by atoms with Crippen molar-refractivity contribution in [2.24, 2.45) is 0 Å². The first-order valence-corrected chi connectivity index (χ1v) is 11.5. The lowest BCUT2D eigenvalue weighted by Gasteiger charge is -2.44. The lowest BCUT2D eigenvalue weighted by molar-refractivity contribution is -0.302. The van der Waals surface area contributed by atoms with Gasteiger partial charge in [-0.2, -0.15) is 0 Å². The number of hydrogen-bond acceptors (Lipinski definition) is 11. The summed E-state index contributed by atoms with van der Waals surface area (Å²) in [4.78, 5) is 49.5. The lowest BCUT2D eigenvalue weighted by atomic mass is 9.97. The number of carbonyl (C=O) groups is 4. The molecule has 1 saturated heterocycles. The fourth-order valence-electron chi connectivity index (χ4n) is 3.64. The Hall–Kier alpha value is -3.80. The molecule has 0 aromatic heterocycles. The van der Waals surface area contributed by atoms with E-state index < -0.39 is 61.2 Å². The summed E-state index contributed by atoms with van der Waals surface area (Å²) in [6.45, 7) is 1.32. The Balaban J connectivity index is 2.00. The molecule has 0 aliphatic carbocycles. The van der Waals surface area contributed by atoms with Gasteiger partial charge in [0.1, 0.15) is 12.7 Å². The number of aliphatic hydroxyl groups is 1. The first kappa shape index (κ1) is 27.8. The molecule has 37 heavy (non-hydrogen) atoms. The zero-order valence-electron chi connectivity index (χ0n) is 20.3. The van der Waals surface area contributed by atoms with Crippen LogP contribution in [0.1, 0.15) is 34.6 Å². The average molecular weight is 516 g/mol. The Morgan fingerprint density at radius 2 is 1.30 bits per heavy atom. The quantitative estimate of drug-likeness (QED) is 0.364. The topological polar surface area (TPSA) is 144 Å². The summed E-state index contributed by atoms with van der Waals surface area (Å²) in [6.07, 6.45) is -6.73. The molecule has 1 heterocycles. The molecular weight excluding hydrogens is 488 g/mol. The van der Waals surface area contributed by atoms with E-state index in [4.69, 9.17) is 28.4 Å². The van der Waals surface area contributed by atoms with Gasteiger partial charge in [0, 0.05) is 13.8 Å². The molecule has 1 N–H and O–H groups in total. The van der Waals surface area contributed by atoms with Gasteiger partial charge in [-0.05, 0) is 24.3 Å². The molecule has 0 bridgehead atoms. The van der Waals surface area contributed by atoms with Crippen molar-refractivity contribution in [1.29, 1.82) is 0 Å². The highest BCUT2D eigenvalue weighted by atomic mass is 16.7. The maximum atomic E-state index is 13.0. The molecule has 0 spiro atoms. The summed E-state index contributed by atoms with van der Waals surface area (Å²) >= 11 is 0. The maximum absolute atomic E-state index is 13.0. The number of aliphatic hydroxyl groups excluding tert-OH is 1. The van der Waals surface area contributed by atoms with Crippen LogP contribution in [0.15, 0.2) is 60.7 Å². The van der Waals surface area contributed by atoms with Gasteiger partial charge in [-0.3, -0.25) is 9.59 Å². The van der Waals surface area contributed by atoms with E-state index in [0.29, 0.717) is 0 Å². The van der Waals surface area contributed by atoms with Gasteiger partial charge in [0.15, 0.2) is 24.6 Å². The van der Waals surface area contributed by atoms with Crippen molar-refractivity contribution >= 4 is 23.9 Å². The van der Waals surface area contributed by atoms with Gasteiger partial charge < -0.3 is 33.5 Å². The van der Waals surface area contributed by atoms with Gasteiger partial charge in [0.05, 0.1) is 24.3 Å². The van der Waals surface area contributed by atoms with E-state index in [-0.39, 0.29) is 24.3 Å². The van der Waals surface area contributed by atoms with Crippen LogP contribution in [0, 0.1) is 0 Å². The van der Waals surface area contributed by atoms with Crippen LogP contribution in [0.3, 0.4) is 0 Å². The minimum absolute atomic E-state index is 0.188. The van der Waals surface area contributed by atoms with Crippen LogP contribution in [-0.2, 0) is 38.0 Å². The second kappa shape index (κ2) is 13.5. The molecule has 5 atom stereocenters. The van der Waals surface area contributed by atoms with Crippen LogP contribution in [0.4, 0.5) is 0 Å². The van der Waals surface area contributed by atoms with E-state index in [2.05, 4.69) is 0 Å². The van der Waals surface area contributed by atoms with Gasteiger partial charge in [-0.15, -0.1) is 0 Å². The molecule has 0 amide bonds. The van der Waals surface area contributed by atoms with Crippen LogP contribution in [0.2, 0.25) is 0 Å². The fraction of sp³-hybridized carbons (Fsp3) is 0.385. The summed E-state index contributed by atoms with van der Waals surface area (Å²) in [6, 6.07) is 16.0. The van der Waals surface area contributed by atoms with Gasteiger partial charge in [0.2, 0.25) is 0 Å². The molecule has 1 aliphatic heterocycles. The second-order valence-corrected chi connectivity index (χ2v) is 7.99. The lowest BCUT2D eigenvalue weighted by Crippen LogP contribution is -2.63. The molecule has 0 saturated carbocycles. The molecule has 0 radical (unpaired) electrons. The van der Waals surface area contributed by atoms with Gasteiger partial charge in [0.25, 0.3) is 0 Å². The highest BCUT2D eigenvalue weighted by Crippen LogP contribution is 2.31. The van der Waals surface area contributed by atoms with Crippen LogP contribution in [0.5, 0.6) is 0 Å². The molecule has 11 nitrogen and oxygen atoms in total. The minimum atomic E-state index is -1.43. The maximum Gasteiger partial charge on any atom is 0.338 e. The number of hydrogen-bond donors (Lipinski definition) is 1. The van der Waals surface area contributed by atoms with Gasteiger partial charge >= 0.3 is 23.9 Å². The predicted octanol–water partition coefficient (Wildman–Crippen LogP) is 1.67. The number of esters is 4. The van der Waals surface area contributed by atoms with Crippen LogP contribution in [0.25, 0.3) is 0 Å². The van der Waals surface area contributed by atoms with E-state index in [1.54, 1.807) is 36.4 Å². The number of rotatable bonds is 10. The van der Waals surface area contributed by atoms with Crippen LogP contribution >= 0.6 is 0 Å². The van der Waals surface area contributed by atoms with E-state index in [0.717, 1.165) is 6.92 Å². The van der Waals surface area contributed by atoms with E-state index in [1.165, 1.54) is 31.2 Å². The Morgan fingerprint density at radius 3 is 1.78 bits per heavy atom. The second-order valence-electron chi connectivity index (χ2n) is 7.99. The van der Waals surface area contributed by atoms with E-state index >= 15 is 0 Å². The van der Waals surface area contributed by atoms with Crippen LogP contribution in [-0.4, -0.2) is 79.5 Å². The SMILES string of the molecule is CC(=O)OC[C@H]1O[C@H](OCCO)[C@@H](OC(=O)c2ccccc2)[C@@H](OC(=O)c2ccccc2)[C@@H]1OC(C)=O. The Bertz CT molecular complexity index is 1060. The zero-order chi connectivity index (χ0) is 26.8. The van der Waals surface area contributed by atoms with Gasteiger partial charge in [-0.25, -0.2) is 9.59 Å². The molecule has 11 heteroatoms. The van der Waals surface area contributed by atoms with Crippen molar-refractivity contribution < 1.29 is 52.7 Å². The van der Waals surface area contributed by atoms with Crippen molar-refractivity contribution in [2.75, 3.05) is 19.8 Å². The monoisotopic (exact) mass is 516 g/mol. The normalized spacial score (nSPS) is 22.9. The summed E-state index contributed by atoms with van der Waals surface area (Å²) < 4.78 is 33.3. The third-order valence-electron chi connectivity index (χ3n) is 5.22. The molecule has 2 aromatic rings. The Kier molecular flexibility index (Phi) is 10.1. The minimum Gasteiger partial charge on any atom is -0.463 e. The first-order valence-electron chi connectivity index (χ1n) is 11.5. The average Bonchev–Trinajstić information content (AvgIpc) is 2.89. The highest BCUT2D eigenvalue weighted by Gasteiger charge is 2.53. The Morgan fingerprint density at radius 1 is 0.757 bits per heavy atom. The largest absolute Gasteiger partial charge is 0.463 e. The predicted molar refractivity (Wildman–Crippen MR) is 125 cm³/mol. The van der Waals surface area contributed by atoms with Gasteiger partial charge in [-0.1, -0.05) is 36.4 Å². The van der Waals surface area contributed by atoms with Crippen molar-refractivity contribution in [3.8, 4) is 0 Å². The van der Waals surface area contributed by atoms with Crippen molar-refractivity contribution in [1.82, 2.24) is 0 Å². The standard InChI is InChI=1S/C26H28O11/c1-16(28)33-15-20-21(34-17(2)29)22(36-24(30)18-9-5-3-6-10-18)23(26(35-20)32-14-13-27)37-25(31)19-11-7-4-8-12-19/h3-12,20-23,26-27H,13-15H2,1-2H3/t20-,21-,22+,23+,26+/m1/s1. The number of benzene rings is 2. The molecule has 2 aromatic carbocycles. The zero-order valence-corrected chi connectivity index (χ0v) is 20.3. The highest BCUT2D eigenvalue weighted by molar-refractivity contribution is 5.90. The molecule has 0 unspecified atom stereocenters. The summed E-state index contributed by atoms with van der Waals surface area (Å²) in [5.74, 6) is -2.95. The number of ether oxygens (including phenoxy) is 6. The molecular formula is C26H28O11. The Labute approximate surface area is 213 Å². The van der Waals surface area contributed by atoms with Crippen molar-refractivity contribution in [2.45, 2.75) is 44.6 Å². The molecule has 3 rings (SSSR count). The van der Waals surface area contributed by atoms with Crippen molar-refractivity contribution in [3.05, 3.63) is 71.8 Å². The third kappa shape index (κ3) is 7.84. The summed E-state index contributed by atoms with van der Waals surface area (Å²) in [5.41, 5.74) is 0.385. The fourth-order valence-corrected chi connectivity index (χ4v) is 3.64. The van der Waals surface area contributed by atoms with Crippen molar-refractivity contribution in [3.63, 3.8) is 0 Å². The summed E-state index contributed by atoms with van der Waals surface area (Å²) in [5, 5.41) is 9.30. The smallest absolute Gasteiger partial charge is 0.338 e. The molecule has 1 fully saturated rings. The van der Waals surface area contributed by atoms with E-state index in [9.17, 15) is 24.3 Å². The molecule has 198 valence electrons. The summed E-state index contributed by atoms with van der Waals surface area (Å²) in [7, 11) is 0.